The van der Waals surface area contributed by atoms with Crippen LogP contribution >= 0.6 is 11.3 Å². The van der Waals surface area contributed by atoms with Crippen molar-refractivity contribution in [2.45, 2.75) is 40.0 Å². The average molecular weight is 330 g/mol. The van der Waals surface area contributed by atoms with Crippen LogP contribution in [0.4, 0.5) is 10.5 Å². The Hall–Kier alpha value is -1.88. The van der Waals surface area contributed by atoms with Gasteiger partial charge in [-0.1, -0.05) is 13.0 Å². The second-order valence-corrected chi connectivity index (χ2v) is 7.22. The van der Waals surface area contributed by atoms with Crippen LogP contribution < -0.4 is 4.90 Å². The molecule has 4 nitrogen and oxygen atoms in total. The molecule has 1 amide bonds. The largest absolute Gasteiger partial charge is 0.447 e. The van der Waals surface area contributed by atoms with Crippen molar-refractivity contribution in [3.63, 3.8) is 0 Å². The van der Waals surface area contributed by atoms with Gasteiger partial charge in [0.2, 0.25) is 0 Å². The summed E-state index contributed by atoms with van der Waals surface area (Å²) in [5.41, 5.74) is 4.77. The zero-order chi connectivity index (χ0) is 16.4. The molecular formula is C18H22N2O2S. The van der Waals surface area contributed by atoms with Crippen LogP contribution in [0.1, 0.15) is 33.6 Å². The highest BCUT2D eigenvalue weighted by atomic mass is 32.1. The Bertz CT molecular complexity index is 724. The highest BCUT2D eigenvalue weighted by Crippen LogP contribution is 2.25. The second kappa shape index (κ2) is 6.71. The number of carbonyl (C=O) groups is 1. The SMILES string of the molecule is CCc1ccc(N2CCOC2=O)cc1CCc1nc(C)sc1C. The molecule has 1 aromatic carbocycles. The number of hydrogen-bond donors (Lipinski definition) is 0. The maximum absolute atomic E-state index is 11.8. The van der Waals surface area contributed by atoms with E-state index in [1.807, 2.05) is 6.07 Å². The van der Waals surface area contributed by atoms with Crippen molar-refractivity contribution in [1.29, 1.82) is 0 Å². The lowest BCUT2D eigenvalue weighted by atomic mass is 9.99. The normalized spacial score (nSPS) is 14.4. The Labute approximate surface area is 141 Å². The molecule has 2 aromatic rings. The summed E-state index contributed by atoms with van der Waals surface area (Å²) in [4.78, 5) is 19.4. The molecule has 1 fully saturated rings. The first kappa shape index (κ1) is 16.0. The molecule has 3 rings (SSSR count). The van der Waals surface area contributed by atoms with Crippen LogP contribution in [-0.2, 0) is 24.0 Å². The van der Waals surface area contributed by atoms with E-state index < -0.39 is 0 Å². The van der Waals surface area contributed by atoms with Gasteiger partial charge in [0.05, 0.1) is 17.2 Å². The van der Waals surface area contributed by atoms with E-state index in [9.17, 15) is 4.79 Å². The van der Waals surface area contributed by atoms with Crippen LogP contribution in [0.5, 0.6) is 0 Å². The van der Waals surface area contributed by atoms with Gasteiger partial charge in [0.25, 0.3) is 0 Å². The van der Waals surface area contributed by atoms with Crippen LogP contribution in [-0.4, -0.2) is 24.2 Å². The zero-order valence-electron chi connectivity index (χ0n) is 13.9. The Morgan fingerprint density at radius 1 is 1.26 bits per heavy atom. The van der Waals surface area contributed by atoms with Crippen LogP contribution in [0, 0.1) is 13.8 Å². The van der Waals surface area contributed by atoms with Gasteiger partial charge in [-0.15, -0.1) is 11.3 Å². The number of aromatic nitrogens is 1. The van der Waals surface area contributed by atoms with Gasteiger partial charge >= 0.3 is 6.09 Å². The second-order valence-electron chi connectivity index (χ2n) is 5.81. The lowest BCUT2D eigenvalue weighted by Crippen LogP contribution is -2.23. The van der Waals surface area contributed by atoms with E-state index in [4.69, 9.17) is 4.74 Å². The number of amides is 1. The number of ether oxygens (including phenoxy) is 1. The maximum atomic E-state index is 11.8. The minimum atomic E-state index is -0.244. The number of carbonyl (C=O) groups excluding carboxylic acids is 1. The summed E-state index contributed by atoms with van der Waals surface area (Å²) >= 11 is 1.76. The average Bonchev–Trinajstić information content (AvgIpc) is 3.10. The topological polar surface area (TPSA) is 42.4 Å². The van der Waals surface area contributed by atoms with Crippen molar-refractivity contribution < 1.29 is 9.53 Å². The fraction of sp³-hybridized carbons (Fsp3) is 0.444. The lowest BCUT2D eigenvalue weighted by molar-refractivity contribution is 0.181. The number of hydrogen-bond acceptors (Lipinski definition) is 4. The number of anilines is 1. The Kier molecular flexibility index (Phi) is 4.66. The van der Waals surface area contributed by atoms with Gasteiger partial charge in [0.1, 0.15) is 6.61 Å². The van der Waals surface area contributed by atoms with Gasteiger partial charge in [0.15, 0.2) is 0 Å². The van der Waals surface area contributed by atoms with Gasteiger partial charge in [-0.2, -0.15) is 0 Å². The Morgan fingerprint density at radius 2 is 2.09 bits per heavy atom. The first-order chi connectivity index (χ1) is 11.1. The standard InChI is InChI=1S/C18H22N2O2S/c1-4-14-5-7-16(20-9-10-22-18(20)21)11-15(14)6-8-17-12(2)23-13(3)19-17/h5,7,11H,4,6,8-10H2,1-3H3. The third-order valence-electron chi connectivity index (χ3n) is 4.27. The van der Waals surface area contributed by atoms with E-state index in [1.54, 1.807) is 16.2 Å². The smallest absolute Gasteiger partial charge is 0.414 e. The van der Waals surface area contributed by atoms with Crippen molar-refractivity contribution in [3.8, 4) is 0 Å². The summed E-state index contributed by atoms with van der Waals surface area (Å²) < 4.78 is 5.04. The number of nitrogens with zero attached hydrogens (tertiary/aromatic N) is 2. The number of cyclic esters (lactones) is 1. The Balaban J connectivity index is 1.81. The van der Waals surface area contributed by atoms with E-state index >= 15 is 0 Å². The summed E-state index contributed by atoms with van der Waals surface area (Å²) in [6, 6.07) is 6.29. The number of rotatable bonds is 5. The van der Waals surface area contributed by atoms with E-state index in [0.29, 0.717) is 13.2 Å². The summed E-state index contributed by atoms with van der Waals surface area (Å²) in [5.74, 6) is 0. The highest BCUT2D eigenvalue weighted by molar-refractivity contribution is 7.11. The highest BCUT2D eigenvalue weighted by Gasteiger charge is 2.24. The maximum Gasteiger partial charge on any atom is 0.414 e. The summed E-state index contributed by atoms with van der Waals surface area (Å²) in [5, 5.41) is 1.13. The van der Waals surface area contributed by atoms with Crippen molar-refractivity contribution in [1.82, 2.24) is 4.98 Å². The molecule has 23 heavy (non-hydrogen) atoms. The van der Waals surface area contributed by atoms with Gasteiger partial charge < -0.3 is 4.74 Å². The van der Waals surface area contributed by atoms with Gasteiger partial charge in [-0.3, -0.25) is 4.90 Å². The molecule has 122 valence electrons. The van der Waals surface area contributed by atoms with Crippen LogP contribution in [0.3, 0.4) is 0 Å². The summed E-state index contributed by atoms with van der Waals surface area (Å²) in [6.07, 6.45) is 2.64. The molecule has 0 unspecified atom stereocenters. The molecule has 0 atom stereocenters. The van der Waals surface area contributed by atoms with Crippen molar-refractivity contribution in [3.05, 3.63) is 44.9 Å². The molecule has 0 saturated carbocycles. The predicted octanol–water partition coefficient (Wildman–Crippen LogP) is 4.06. The summed E-state index contributed by atoms with van der Waals surface area (Å²) in [6.45, 7) is 7.46. The van der Waals surface area contributed by atoms with E-state index in [1.165, 1.54) is 21.7 Å². The van der Waals surface area contributed by atoms with E-state index in [-0.39, 0.29) is 6.09 Å². The molecule has 0 radical (unpaired) electrons. The Morgan fingerprint density at radius 3 is 2.70 bits per heavy atom. The first-order valence-electron chi connectivity index (χ1n) is 8.07. The van der Waals surface area contributed by atoms with Crippen LogP contribution in [0.25, 0.3) is 0 Å². The quantitative estimate of drug-likeness (QED) is 0.830. The molecule has 2 heterocycles. The molecule has 1 aliphatic rings. The predicted molar refractivity (Wildman–Crippen MR) is 93.5 cm³/mol. The molecule has 0 spiro atoms. The van der Waals surface area contributed by atoms with Crippen molar-refractivity contribution >= 4 is 23.1 Å². The van der Waals surface area contributed by atoms with Crippen LogP contribution in [0.2, 0.25) is 0 Å². The van der Waals surface area contributed by atoms with Gasteiger partial charge in [-0.05, 0) is 56.4 Å². The van der Waals surface area contributed by atoms with Gasteiger partial charge in [-0.25, -0.2) is 9.78 Å². The lowest BCUT2D eigenvalue weighted by Gasteiger charge is -2.16. The molecule has 1 aliphatic heterocycles. The zero-order valence-corrected chi connectivity index (χ0v) is 14.7. The molecule has 0 bridgehead atoms. The number of thiazole rings is 1. The third kappa shape index (κ3) is 3.39. The fourth-order valence-corrected chi connectivity index (χ4v) is 3.91. The summed E-state index contributed by atoms with van der Waals surface area (Å²) in [7, 11) is 0. The minimum Gasteiger partial charge on any atom is -0.447 e. The van der Waals surface area contributed by atoms with Crippen molar-refractivity contribution in [2.75, 3.05) is 18.1 Å². The molecule has 1 aromatic heterocycles. The number of benzene rings is 1. The molecule has 5 heteroatoms. The molecule has 0 N–H and O–H groups in total. The van der Waals surface area contributed by atoms with Crippen LogP contribution in [0.15, 0.2) is 18.2 Å². The number of aryl methyl sites for hydroxylation is 5. The van der Waals surface area contributed by atoms with Gasteiger partial charge in [0, 0.05) is 10.6 Å². The van der Waals surface area contributed by atoms with E-state index in [2.05, 4.69) is 37.9 Å². The minimum absolute atomic E-state index is 0.244. The van der Waals surface area contributed by atoms with E-state index in [0.717, 1.165) is 30.0 Å². The molecular weight excluding hydrogens is 308 g/mol. The molecule has 0 aliphatic carbocycles. The monoisotopic (exact) mass is 330 g/mol. The molecule has 1 saturated heterocycles. The van der Waals surface area contributed by atoms with Crippen molar-refractivity contribution in [2.24, 2.45) is 0 Å². The first-order valence-corrected chi connectivity index (χ1v) is 8.89. The third-order valence-corrected chi connectivity index (χ3v) is 5.20. The fourth-order valence-electron chi connectivity index (χ4n) is 3.04.